The summed E-state index contributed by atoms with van der Waals surface area (Å²) < 4.78 is 5.73. The molecule has 3 aromatic rings. The first-order chi connectivity index (χ1) is 12.2. The molecular formula is C20H17N3O2. The number of carbonyl (C=O) groups is 1. The van der Waals surface area contributed by atoms with Gasteiger partial charge in [0.05, 0.1) is 11.4 Å². The smallest absolute Gasteiger partial charge is 0.221 e. The maximum Gasteiger partial charge on any atom is 0.221 e. The Morgan fingerprint density at radius 1 is 0.760 bits per heavy atom. The summed E-state index contributed by atoms with van der Waals surface area (Å²) in [6.07, 6.45) is 0. The molecule has 0 radical (unpaired) electrons. The predicted octanol–water partition coefficient (Wildman–Crippen LogP) is 5.85. The van der Waals surface area contributed by atoms with Crippen molar-refractivity contribution < 1.29 is 9.53 Å². The lowest BCUT2D eigenvalue weighted by Gasteiger charge is -2.05. The third-order valence-electron chi connectivity index (χ3n) is 3.28. The molecule has 25 heavy (non-hydrogen) atoms. The van der Waals surface area contributed by atoms with Crippen molar-refractivity contribution >= 4 is 23.0 Å². The number of carbonyl (C=O) groups excluding carboxylic acids is 1. The van der Waals surface area contributed by atoms with Gasteiger partial charge >= 0.3 is 0 Å². The Morgan fingerprint density at radius 2 is 1.28 bits per heavy atom. The van der Waals surface area contributed by atoms with Crippen molar-refractivity contribution in [3.05, 3.63) is 78.9 Å². The summed E-state index contributed by atoms with van der Waals surface area (Å²) in [6, 6.07) is 24.1. The van der Waals surface area contributed by atoms with Gasteiger partial charge in [0.15, 0.2) is 0 Å². The molecule has 0 heterocycles. The van der Waals surface area contributed by atoms with Crippen LogP contribution in [-0.4, -0.2) is 5.91 Å². The number of rotatable bonds is 5. The molecule has 3 aromatic carbocycles. The highest BCUT2D eigenvalue weighted by atomic mass is 16.5. The zero-order valence-corrected chi connectivity index (χ0v) is 13.7. The van der Waals surface area contributed by atoms with Crippen LogP contribution in [-0.2, 0) is 4.79 Å². The molecule has 0 aliphatic carbocycles. The van der Waals surface area contributed by atoms with Gasteiger partial charge < -0.3 is 10.1 Å². The van der Waals surface area contributed by atoms with E-state index >= 15 is 0 Å². The van der Waals surface area contributed by atoms with E-state index < -0.39 is 0 Å². The fourth-order valence-electron chi connectivity index (χ4n) is 2.14. The van der Waals surface area contributed by atoms with Crippen LogP contribution in [0.2, 0.25) is 0 Å². The van der Waals surface area contributed by atoms with Crippen LogP contribution in [0.5, 0.6) is 11.5 Å². The fraction of sp³-hybridized carbons (Fsp3) is 0.0500. The summed E-state index contributed by atoms with van der Waals surface area (Å²) in [7, 11) is 0. The van der Waals surface area contributed by atoms with Crippen LogP contribution in [0.15, 0.2) is 89.1 Å². The molecule has 5 nitrogen and oxygen atoms in total. The zero-order valence-electron chi connectivity index (χ0n) is 13.7. The van der Waals surface area contributed by atoms with E-state index in [4.69, 9.17) is 4.74 Å². The fourth-order valence-corrected chi connectivity index (χ4v) is 2.14. The largest absolute Gasteiger partial charge is 0.457 e. The molecule has 0 spiro atoms. The van der Waals surface area contributed by atoms with Gasteiger partial charge in [-0.25, -0.2) is 0 Å². The van der Waals surface area contributed by atoms with Gasteiger partial charge in [-0.05, 0) is 60.7 Å². The lowest BCUT2D eigenvalue weighted by Crippen LogP contribution is -2.04. The van der Waals surface area contributed by atoms with Crippen molar-refractivity contribution in [2.75, 3.05) is 5.32 Å². The monoisotopic (exact) mass is 331 g/mol. The molecule has 1 N–H and O–H groups in total. The van der Waals surface area contributed by atoms with Gasteiger partial charge in [-0.3, -0.25) is 4.79 Å². The number of amides is 1. The quantitative estimate of drug-likeness (QED) is 0.596. The maximum atomic E-state index is 11.0. The summed E-state index contributed by atoms with van der Waals surface area (Å²) in [5.74, 6) is 1.42. The Hall–Kier alpha value is -3.47. The maximum absolute atomic E-state index is 11.0. The van der Waals surface area contributed by atoms with E-state index in [1.165, 1.54) is 6.92 Å². The van der Waals surface area contributed by atoms with Gasteiger partial charge in [-0.15, -0.1) is 0 Å². The van der Waals surface area contributed by atoms with Crippen LogP contribution in [0.1, 0.15) is 6.92 Å². The van der Waals surface area contributed by atoms with Gasteiger partial charge in [0.1, 0.15) is 11.5 Å². The number of hydrogen-bond donors (Lipinski definition) is 1. The number of ether oxygens (including phenoxy) is 1. The minimum Gasteiger partial charge on any atom is -0.457 e. The number of nitrogens with one attached hydrogen (secondary N) is 1. The van der Waals surface area contributed by atoms with Gasteiger partial charge in [-0.1, -0.05) is 18.2 Å². The van der Waals surface area contributed by atoms with Gasteiger partial charge in [0.2, 0.25) is 5.91 Å². The van der Waals surface area contributed by atoms with Crippen molar-refractivity contribution in [3.63, 3.8) is 0 Å². The predicted molar refractivity (Wildman–Crippen MR) is 97.9 cm³/mol. The Kier molecular flexibility index (Phi) is 5.16. The number of hydrogen-bond acceptors (Lipinski definition) is 4. The molecule has 124 valence electrons. The van der Waals surface area contributed by atoms with E-state index in [0.717, 1.165) is 22.9 Å². The molecule has 0 unspecified atom stereocenters. The first kappa shape index (κ1) is 16.4. The SMILES string of the molecule is CC(=O)Nc1ccc(N=Nc2ccc(Oc3ccccc3)cc2)cc1. The zero-order chi connectivity index (χ0) is 17.5. The summed E-state index contributed by atoms with van der Waals surface area (Å²) in [5, 5.41) is 11.1. The number of benzene rings is 3. The second kappa shape index (κ2) is 7.88. The van der Waals surface area contributed by atoms with Crippen LogP contribution in [0, 0.1) is 0 Å². The summed E-state index contributed by atoms with van der Waals surface area (Å²) in [5.41, 5.74) is 2.17. The van der Waals surface area contributed by atoms with Crippen LogP contribution in [0.25, 0.3) is 0 Å². The van der Waals surface area contributed by atoms with E-state index in [0.29, 0.717) is 5.69 Å². The molecule has 0 aliphatic rings. The normalized spacial score (nSPS) is 10.6. The van der Waals surface area contributed by atoms with E-state index in [-0.39, 0.29) is 5.91 Å². The molecular weight excluding hydrogens is 314 g/mol. The molecule has 1 amide bonds. The van der Waals surface area contributed by atoms with E-state index in [9.17, 15) is 4.79 Å². The van der Waals surface area contributed by atoms with E-state index in [1.54, 1.807) is 24.3 Å². The van der Waals surface area contributed by atoms with Gasteiger partial charge in [0.25, 0.3) is 0 Å². The molecule has 0 saturated heterocycles. The Bertz CT molecular complexity index is 858. The van der Waals surface area contributed by atoms with Crippen molar-refractivity contribution in [1.82, 2.24) is 0 Å². The molecule has 0 aliphatic heterocycles. The van der Waals surface area contributed by atoms with E-state index in [1.807, 2.05) is 54.6 Å². The molecule has 0 atom stereocenters. The number of azo groups is 1. The lowest BCUT2D eigenvalue weighted by atomic mass is 10.3. The van der Waals surface area contributed by atoms with Crippen LogP contribution < -0.4 is 10.1 Å². The summed E-state index contributed by atoms with van der Waals surface area (Å²) in [4.78, 5) is 11.0. The molecule has 0 fully saturated rings. The molecule has 5 heteroatoms. The molecule has 0 saturated carbocycles. The number of para-hydroxylation sites is 1. The Labute approximate surface area is 146 Å². The minimum atomic E-state index is -0.104. The molecule has 0 bridgehead atoms. The average molecular weight is 331 g/mol. The highest BCUT2D eigenvalue weighted by Gasteiger charge is 1.98. The van der Waals surface area contributed by atoms with Crippen LogP contribution in [0.4, 0.5) is 17.1 Å². The van der Waals surface area contributed by atoms with Crippen LogP contribution in [0.3, 0.4) is 0 Å². The lowest BCUT2D eigenvalue weighted by molar-refractivity contribution is -0.114. The average Bonchev–Trinajstić information content (AvgIpc) is 2.63. The molecule has 0 aromatic heterocycles. The third kappa shape index (κ3) is 5.00. The van der Waals surface area contributed by atoms with Gasteiger partial charge in [-0.2, -0.15) is 10.2 Å². The van der Waals surface area contributed by atoms with Crippen molar-refractivity contribution in [2.24, 2.45) is 10.2 Å². The summed E-state index contributed by atoms with van der Waals surface area (Å²) in [6.45, 7) is 1.47. The van der Waals surface area contributed by atoms with Crippen molar-refractivity contribution in [1.29, 1.82) is 0 Å². The van der Waals surface area contributed by atoms with E-state index in [2.05, 4.69) is 15.5 Å². The second-order valence-corrected chi connectivity index (χ2v) is 5.34. The number of nitrogens with zero attached hydrogens (tertiary/aromatic N) is 2. The second-order valence-electron chi connectivity index (χ2n) is 5.34. The minimum absolute atomic E-state index is 0.104. The highest BCUT2D eigenvalue weighted by Crippen LogP contribution is 2.25. The summed E-state index contributed by atoms with van der Waals surface area (Å²) >= 11 is 0. The number of anilines is 1. The van der Waals surface area contributed by atoms with Gasteiger partial charge in [0, 0.05) is 12.6 Å². The van der Waals surface area contributed by atoms with Crippen LogP contribution >= 0.6 is 0 Å². The topological polar surface area (TPSA) is 63.0 Å². The highest BCUT2D eigenvalue weighted by molar-refractivity contribution is 5.88. The van der Waals surface area contributed by atoms with Crippen molar-refractivity contribution in [3.8, 4) is 11.5 Å². The Morgan fingerprint density at radius 3 is 1.84 bits per heavy atom. The molecule has 3 rings (SSSR count). The standard InChI is InChI=1S/C20H17N3O2/c1-15(24)21-16-7-9-17(10-8-16)22-23-18-11-13-20(14-12-18)25-19-5-3-2-4-6-19/h2-14H,1H3,(H,21,24). The first-order valence-electron chi connectivity index (χ1n) is 7.81. The Balaban J connectivity index is 1.62. The van der Waals surface area contributed by atoms with Crippen molar-refractivity contribution in [2.45, 2.75) is 6.92 Å². The third-order valence-corrected chi connectivity index (χ3v) is 3.28. The first-order valence-corrected chi connectivity index (χ1v) is 7.81.